The smallest absolute Gasteiger partial charge is 0.254 e. The lowest BCUT2D eigenvalue weighted by molar-refractivity contribution is -0.0175. The first-order valence-electron chi connectivity index (χ1n) is 7.93. The standard InChI is InChI=1S/C17H21FN4O2/c1-12-16(10-20-22(12)14-5-3-13(18)4-6-14)17(23)19-9-15-11-21(2)7-8-24-15/h3-6,10,15H,7-9,11H2,1-2H3,(H,19,23)/t15-/m0/s1. The van der Waals surface area contributed by atoms with E-state index in [0.29, 0.717) is 30.1 Å². The van der Waals surface area contributed by atoms with Gasteiger partial charge in [-0.15, -0.1) is 0 Å². The highest BCUT2D eigenvalue weighted by Gasteiger charge is 2.20. The van der Waals surface area contributed by atoms with E-state index in [2.05, 4.69) is 15.3 Å². The summed E-state index contributed by atoms with van der Waals surface area (Å²) in [6, 6.07) is 5.99. The maximum Gasteiger partial charge on any atom is 0.254 e. The molecule has 1 aliphatic heterocycles. The number of hydrogen-bond acceptors (Lipinski definition) is 4. The molecule has 0 aliphatic carbocycles. The number of benzene rings is 1. The third kappa shape index (κ3) is 3.63. The van der Waals surface area contributed by atoms with Crippen molar-refractivity contribution in [2.75, 3.05) is 33.3 Å². The van der Waals surface area contributed by atoms with Crippen molar-refractivity contribution < 1.29 is 13.9 Å². The summed E-state index contributed by atoms with van der Waals surface area (Å²) in [6.45, 7) is 4.67. The van der Waals surface area contributed by atoms with Crippen LogP contribution in [0.1, 0.15) is 16.1 Å². The molecule has 2 aromatic rings. The SMILES string of the molecule is Cc1c(C(=O)NC[C@H]2CN(C)CCO2)cnn1-c1ccc(F)cc1. The van der Waals surface area contributed by atoms with Gasteiger partial charge in [0.25, 0.3) is 5.91 Å². The van der Waals surface area contributed by atoms with E-state index < -0.39 is 0 Å². The second-order valence-corrected chi connectivity index (χ2v) is 6.00. The van der Waals surface area contributed by atoms with E-state index in [1.165, 1.54) is 18.3 Å². The van der Waals surface area contributed by atoms with Gasteiger partial charge < -0.3 is 15.0 Å². The van der Waals surface area contributed by atoms with Crippen molar-refractivity contribution in [1.29, 1.82) is 0 Å². The van der Waals surface area contributed by atoms with E-state index in [1.54, 1.807) is 16.8 Å². The zero-order valence-corrected chi connectivity index (χ0v) is 13.8. The van der Waals surface area contributed by atoms with Gasteiger partial charge in [-0.1, -0.05) is 0 Å². The molecule has 2 heterocycles. The summed E-state index contributed by atoms with van der Waals surface area (Å²) in [6.07, 6.45) is 1.53. The van der Waals surface area contributed by atoms with Crippen LogP contribution in [0.15, 0.2) is 30.5 Å². The number of carbonyl (C=O) groups excluding carboxylic acids is 1. The summed E-state index contributed by atoms with van der Waals surface area (Å²) in [7, 11) is 2.04. The monoisotopic (exact) mass is 332 g/mol. The van der Waals surface area contributed by atoms with Gasteiger partial charge in [0.15, 0.2) is 0 Å². The van der Waals surface area contributed by atoms with Crippen molar-refractivity contribution in [1.82, 2.24) is 20.0 Å². The van der Waals surface area contributed by atoms with Crippen molar-refractivity contribution >= 4 is 5.91 Å². The first-order valence-corrected chi connectivity index (χ1v) is 7.93. The highest BCUT2D eigenvalue weighted by atomic mass is 19.1. The Morgan fingerprint density at radius 1 is 1.42 bits per heavy atom. The molecule has 1 aliphatic rings. The van der Waals surface area contributed by atoms with Crippen LogP contribution in [0.3, 0.4) is 0 Å². The van der Waals surface area contributed by atoms with Crippen molar-refractivity contribution in [3.05, 3.63) is 47.5 Å². The third-order valence-corrected chi connectivity index (χ3v) is 4.16. The van der Waals surface area contributed by atoms with E-state index >= 15 is 0 Å². The van der Waals surface area contributed by atoms with Crippen LogP contribution in [0.5, 0.6) is 0 Å². The molecule has 128 valence electrons. The largest absolute Gasteiger partial charge is 0.374 e. The molecular formula is C17H21FN4O2. The first-order chi connectivity index (χ1) is 11.5. The number of ether oxygens (including phenoxy) is 1. The number of likely N-dealkylation sites (N-methyl/N-ethyl adjacent to an activating group) is 1. The molecule has 1 N–H and O–H groups in total. The van der Waals surface area contributed by atoms with Gasteiger partial charge in [0.1, 0.15) is 5.82 Å². The Balaban J connectivity index is 1.66. The minimum atomic E-state index is -0.307. The summed E-state index contributed by atoms with van der Waals surface area (Å²) < 4.78 is 20.3. The number of halogens is 1. The predicted octanol–water partition coefficient (Wildman–Crippen LogP) is 1.38. The van der Waals surface area contributed by atoms with Gasteiger partial charge in [-0.2, -0.15) is 5.10 Å². The number of morpholine rings is 1. The lowest BCUT2D eigenvalue weighted by Crippen LogP contribution is -2.45. The van der Waals surface area contributed by atoms with Gasteiger partial charge in [0.2, 0.25) is 0 Å². The fraction of sp³-hybridized carbons (Fsp3) is 0.412. The molecule has 6 nitrogen and oxygen atoms in total. The van der Waals surface area contributed by atoms with Gasteiger partial charge in [-0.05, 0) is 38.2 Å². The van der Waals surface area contributed by atoms with Crippen LogP contribution < -0.4 is 5.32 Å². The topological polar surface area (TPSA) is 59.4 Å². The minimum absolute atomic E-state index is 0.000138. The first kappa shape index (κ1) is 16.6. The van der Waals surface area contributed by atoms with Gasteiger partial charge >= 0.3 is 0 Å². The molecule has 1 amide bonds. The van der Waals surface area contributed by atoms with Crippen LogP contribution in [0.25, 0.3) is 5.69 Å². The van der Waals surface area contributed by atoms with Crippen LogP contribution in [-0.2, 0) is 4.74 Å². The minimum Gasteiger partial charge on any atom is -0.374 e. The Hall–Kier alpha value is -2.25. The Bertz CT molecular complexity index is 714. The Morgan fingerprint density at radius 3 is 2.88 bits per heavy atom. The fourth-order valence-corrected chi connectivity index (χ4v) is 2.77. The fourth-order valence-electron chi connectivity index (χ4n) is 2.77. The summed E-state index contributed by atoms with van der Waals surface area (Å²) in [5, 5.41) is 7.14. The average molecular weight is 332 g/mol. The molecule has 24 heavy (non-hydrogen) atoms. The lowest BCUT2D eigenvalue weighted by Gasteiger charge is -2.30. The highest BCUT2D eigenvalue weighted by Crippen LogP contribution is 2.15. The van der Waals surface area contributed by atoms with Crippen LogP contribution in [0, 0.1) is 12.7 Å². The highest BCUT2D eigenvalue weighted by molar-refractivity contribution is 5.95. The Kier molecular flexibility index (Phi) is 4.92. The van der Waals surface area contributed by atoms with Gasteiger partial charge in [0.05, 0.1) is 35.9 Å². The van der Waals surface area contributed by atoms with E-state index in [4.69, 9.17) is 4.74 Å². The molecule has 1 aromatic carbocycles. The second kappa shape index (κ2) is 7.11. The number of nitrogens with one attached hydrogen (secondary N) is 1. The van der Waals surface area contributed by atoms with Crippen LogP contribution >= 0.6 is 0 Å². The van der Waals surface area contributed by atoms with E-state index in [9.17, 15) is 9.18 Å². The van der Waals surface area contributed by atoms with Crippen molar-refractivity contribution in [3.8, 4) is 5.69 Å². The molecule has 0 spiro atoms. The van der Waals surface area contributed by atoms with Gasteiger partial charge in [-0.3, -0.25) is 4.79 Å². The van der Waals surface area contributed by atoms with E-state index in [-0.39, 0.29) is 17.8 Å². The summed E-state index contributed by atoms with van der Waals surface area (Å²) in [4.78, 5) is 14.6. The molecule has 1 saturated heterocycles. The molecule has 1 aromatic heterocycles. The molecular weight excluding hydrogens is 311 g/mol. The third-order valence-electron chi connectivity index (χ3n) is 4.16. The van der Waals surface area contributed by atoms with Gasteiger partial charge in [-0.25, -0.2) is 9.07 Å². The number of carbonyl (C=O) groups is 1. The zero-order valence-electron chi connectivity index (χ0n) is 13.8. The van der Waals surface area contributed by atoms with Gasteiger partial charge in [0, 0.05) is 19.6 Å². The number of amides is 1. The van der Waals surface area contributed by atoms with E-state index in [1.807, 2.05) is 14.0 Å². The van der Waals surface area contributed by atoms with Crippen molar-refractivity contribution in [3.63, 3.8) is 0 Å². The maximum absolute atomic E-state index is 13.0. The molecule has 0 bridgehead atoms. The average Bonchev–Trinajstić information content (AvgIpc) is 2.95. The molecule has 0 radical (unpaired) electrons. The maximum atomic E-state index is 13.0. The molecule has 7 heteroatoms. The number of aromatic nitrogens is 2. The number of rotatable bonds is 4. The van der Waals surface area contributed by atoms with Crippen LogP contribution in [0.4, 0.5) is 4.39 Å². The molecule has 1 fully saturated rings. The van der Waals surface area contributed by atoms with Crippen LogP contribution in [0.2, 0.25) is 0 Å². The Morgan fingerprint density at radius 2 is 2.17 bits per heavy atom. The van der Waals surface area contributed by atoms with Crippen molar-refractivity contribution in [2.24, 2.45) is 0 Å². The molecule has 3 rings (SSSR count). The predicted molar refractivity (Wildman–Crippen MR) is 87.8 cm³/mol. The Labute approximate surface area is 140 Å². The van der Waals surface area contributed by atoms with Crippen LogP contribution in [-0.4, -0.2) is 60.0 Å². The normalized spacial score (nSPS) is 18.5. The second-order valence-electron chi connectivity index (χ2n) is 6.00. The lowest BCUT2D eigenvalue weighted by atomic mass is 10.2. The molecule has 0 saturated carbocycles. The summed E-state index contributed by atoms with van der Waals surface area (Å²) >= 11 is 0. The quantitative estimate of drug-likeness (QED) is 0.919. The number of nitrogens with zero attached hydrogens (tertiary/aromatic N) is 3. The number of hydrogen-bond donors (Lipinski definition) is 1. The zero-order chi connectivity index (χ0) is 17.1. The van der Waals surface area contributed by atoms with E-state index in [0.717, 1.165) is 13.1 Å². The summed E-state index contributed by atoms with van der Waals surface area (Å²) in [5.74, 6) is -0.489. The summed E-state index contributed by atoms with van der Waals surface area (Å²) in [5.41, 5.74) is 1.93. The van der Waals surface area contributed by atoms with Crippen molar-refractivity contribution in [2.45, 2.75) is 13.0 Å². The molecule has 1 atom stereocenters. The molecule has 0 unspecified atom stereocenters.